The van der Waals surface area contributed by atoms with E-state index in [1.54, 1.807) is 0 Å². The Morgan fingerprint density at radius 1 is 1.67 bits per heavy atom. The lowest BCUT2D eigenvalue weighted by Gasteiger charge is -2.04. The third-order valence-electron chi connectivity index (χ3n) is 1.64. The van der Waals surface area contributed by atoms with Crippen LogP contribution in [0.3, 0.4) is 0 Å². The van der Waals surface area contributed by atoms with Crippen molar-refractivity contribution in [2.45, 2.75) is 13.0 Å². The number of aromatic nitrogens is 1. The van der Waals surface area contributed by atoms with Gasteiger partial charge in [-0.25, -0.2) is 13.8 Å². The lowest BCUT2D eigenvalue weighted by molar-refractivity contribution is -0.386. The highest BCUT2D eigenvalue weighted by molar-refractivity contribution is 6.30. The van der Waals surface area contributed by atoms with Gasteiger partial charge in [0.15, 0.2) is 0 Å². The van der Waals surface area contributed by atoms with E-state index in [0.717, 1.165) is 0 Å². The lowest BCUT2D eigenvalue weighted by Crippen LogP contribution is -2.02. The first kappa shape index (κ1) is 11.7. The quantitative estimate of drug-likeness (QED) is 0.497. The first-order chi connectivity index (χ1) is 6.97. The summed E-state index contributed by atoms with van der Waals surface area (Å²) in [6, 6.07) is 0.617. The second-order valence-corrected chi connectivity index (χ2v) is 2.91. The zero-order valence-corrected chi connectivity index (χ0v) is 7.91. The first-order valence-corrected chi connectivity index (χ1v) is 4.08. The maximum atomic E-state index is 12.3. The molecule has 0 fully saturated rings. The number of alkyl halides is 2. The highest BCUT2D eigenvalue weighted by atomic mass is 35.5. The van der Waals surface area contributed by atoms with Crippen molar-refractivity contribution in [3.8, 4) is 0 Å². The third-order valence-corrected chi connectivity index (χ3v) is 1.94. The molecule has 15 heavy (non-hydrogen) atoms. The van der Waals surface area contributed by atoms with Gasteiger partial charge in [-0.15, -0.1) is 0 Å². The number of nitrogens with zero attached hydrogens (tertiary/aromatic N) is 2. The normalized spacial score (nSPS) is 10.7. The van der Waals surface area contributed by atoms with Gasteiger partial charge in [-0.3, -0.25) is 10.1 Å². The second-order valence-electron chi connectivity index (χ2n) is 2.55. The number of nitro groups is 1. The van der Waals surface area contributed by atoms with Crippen LogP contribution >= 0.6 is 11.6 Å². The van der Waals surface area contributed by atoms with Gasteiger partial charge in [0.05, 0.1) is 17.1 Å². The van der Waals surface area contributed by atoms with Gasteiger partial charge in [0, 0.05) is 6.07 Å². The molecule has 1 heterocycles. The average Bonchev–Trinajstić information content (AvgIpc) is 2.16. The van der Waals surface area contributed by atoms with E-state index in [0.29, 0.717) is 6.07 Å². The summed E-state index contributed by atoms with van der Waals surface area (Å²) in [6.07, 6.45) is -2.95. The van der Waals surface area contributed by atoms with Gasteiger partial charge < -0.3 is 5.11 Å². The van der Waals surface area contributed by atoms with Crippen molar-refractivity contribution in [1.82, 2.24) is 4.98 Å². The molecule has 0 aliphatic carbocycles. The van der Waals surface area contributed by atoms with Crippen molar-refractivity contribution in [3.63, 3.8) is 0 Å². The molecule has 1 aromatic heterocycles. The van der Waals surface area contributed by atoms with Gasteiger partial charge >= 0.3 is 0 Å². The van der Waals surface area contributed by atoms with Crippen LogP contribution in [0, 0.1) is 10.1 Å². The first-order valence-electron chi connectivity index (χ1n) is 3.70. The van der Waals surface area contributed by atoms with Crippen LogP contribution in [0.15, 0.2) is 6.07 Å². The fraction of sp³-hybridized carbons (Fsp3) is 0.286. The standard InChI is InChI=1S/C7H5ClF2N2O3/c8-6-3(7(9)10)1-5(12(14)15)4(2-13)11-6/h1,7,13H,2H2. The van der Waals surface area contributed by atoms with E-state index >= 15 is 0 Å². The monoisotopic (exact) mass is 238 g/mol. The molecular formula is C7H5ClF2N2O3. The smallest absolute Gasteiger partial charge is 0.293 e. The molecule has 0 amide bonds. The van der Waals surface area contributed by atoms with E-state index in [-0.39, 0.29) is 5.69 Å². The summed E-state index contributed by atoms with van der Waals surface area (Å²) in [5.74, 6) is 0. The highest BCUT2D eigenvalue weighted by Gasteiger charge is 2.22. The molecule has 0 aliphatic heterocycles. The minimum Gasteiger partial charge on any atom is -0.390 e. The van der Waals surface area contributed by atoms with Gasteiger partial charge in [-0.05, 0) is 0 Å². The van der Waals surface area contributed by atoms with E-state index in [2.05, 4.69) is 4.98 Å². The fourth-order valence-corrected chi connectivity index (χ4v) is 1.20. The number of pyridine rings is 1. The number of aliphatic hydroxyl groups is 1. The molecule has 82 valence electrons. The van der Waals surface area contributed by atoms with E-state index in [1.807, 2.05) is 0 Å². The molecular weight excluding hydrogens is 234 g/mol. The minimum absolute atomic E-state index is 0.339. The van der Waals surface area contributed by atoms with Crippen molar-refractivity contribution in [3.05, 3.63) is 32.6 Å². The summed E-state index contributed by atoms with van der Waals surface area (Å²) in [4.78, 5) is 12.9. The molecule has 1 rings (SSSR count). The molecule has 0 saturated carbocycles. The number of hydrogen-bond donors (Lipinski definition) is 1. The van der Waals surface area contributed by atoms with Crippen LogP contribution in [0.1, 0.15) is 17.7 Å². The summed E-state index contributed by atoms with van der Waals surface area (Å²) < 4.78 is 24.6. The van der Waals surface area contributed by atoms with E-state index in [1.165, 1.54) is 0 Å². The third kappa shape index (κ3) is 2.37. The van der Waals surface area contributed by atoms with Crippen molar-refractivity contribution in [2.24, 2.45) is 0 Å². The molecule has 0 bridgehead atoms. The van der Waals surface area contributed by atoms with Gasteiger partial charge in [0.25, 0.3) is 12.1 Å². The molecule has 0 aliphatic rings. The SMILES string of the molecule is O=[N+]([O-])c1cc(C(F)F)c(Cl)nc1CO. The Hall–Kier alpha value is -1.34. The zero-order valence-electron chi connectivity index (χ0n) is 7.15. The maximum absolute atomic E-state index is 12.3. The van der Waals surface area contributed by atoms with Gasteiger partial charge in [0.1, 0.15) is 10.8 Å². The van der Waals surface area contributed by atoms with Crippen LogP contribution in [-0.4, -0.2) is 15.0 Å². The van der Waals surface area contributed by atoms with Crippen LogP contribution in [0.4, 0.5) is 14.5 Å². The van der Waals surface area contributed by atoms with Crippen molar-refractivity contribution in [1.29, 1.82) is 0 Å². The molecule has 0 unspecified atom stereocenters. The Morgan fingerprint density at radius 3 is 2.67 bits per heavy atom. The summed E-state index contributed by atoms with van der Waals surface area (Å²) >= 11 is 5.35. The van der Waals surface area contributed by atoms with Crippen LogP contribution in [0.2, 0.25) is 5.15 Å². The Kier molecular flexibility index (Phi) is 3.48. The number of hydrogen-bond acceptors (Lipinski definition) is 4. The second kappa shape index (κ2) is 4.45. The molecule has 1 aromatic rings. The molecule has 8 heteroatoms. The van der Waals surface area contributed by atoms with E-state index < -0.39 is 34.4 Å². The molecule has 0 atom stereocenters. The molecule has 1 N–H and O–H groups in total. The predicted molar refractivity (Wildman–Crippen MR) is 46.8 cm³/mol. The van der Waals surface area contributed by atoms with E-state index in [4.69, 9.17) is 16.7 Å². The van der Waals surface area contributed by atoms with Gasteiger partial charge in [-0.1, -0.05) is 11.6 Å². The van der Waals surface area contributed by atoms with Crippen LogP contribution in [-0.2, 0) is 6.61 Å². The molecule has 0 spiro atoms. The largest absolute Gasteiger partial charge is 0.390 e. The fourth-order valence-electron chi connectivity index (χ4n) is 0.958. The topological polar surface area (TPSA) is 76.3 Å². The predicted octanol–water partition coefficient (Wildman–Crippen LogP) is 2.07. The molecule has 0 radical (unpaired) electrons. The Morgan fingerprint density at radius 2 is 2.27 bits per heavy atom. The Labute approximate surface area is 87.5 Å². The molecule has 0 aromatic carbocycles. The van der Waals surface area contributed by atoms with Gasteiger partial charge in [-0.2, -0.15) is 0 Å². The zero-order chi connectivity index (χ0) is 11.6. The van der Waals surface area contributed by atoms with Crippen LogP contribution in [0.25, 0.3) is 0 Å². The molecule has 0 saturated heterocycles. The average molecular weight is 239 g/mol. The van der Waals surface area contributed by atoms with E-state index in [9.17, 15) is 18.9 Å². The van der Waals surface area contributed by atoms with Crippen molar-refractivity contribution < 1.29 is 18.8 Å². The number of halogens is 3. The Bertz CT molecular complexity index is 400. The Balaban J connectivity index is 3.37. The van der Waals surface area contributed by atoms with Crippen molar-refractivity contribution >= 4 is 17.3 Å². The van der Waals surface area contributed by atoms with Crippen LogP contribution < -0.4 is 0 Å². The van der Waals surface area contributed by atoms with Gasteiger partial charge in [0.2, 0.25) is 0 Å². The summed E-state index contributed by atoms with van der Waals surface area (Å²) in [5.41, 5.74) is -1.73. The maximum Gasteiger partial charge on any atom is 0.293 e. The lowest BCUT2D eigenvalue weighted by atomic mass is 10.2. The summed E-state index contributed by atoms with van der Waals surface area (Å²) in [6.45, 7) is -0.737. The summed E-state index contributed by atoms with van der Waals surface area (Å²) in [7, 11) is 0. The number of rotatable bonds is 3. The number of aliphatic hydroxyl groups excluding tert-OH is 1. The molecule has 5 nitrogen and oxygen atoms in total. The van der Waals surface area contributed by atoms with Crippen molar-refractivity contribution in [2.75, 3.05) is 0 Å². The highest BCUT2D eigenvalue weighted by Crippen LogP contribution is 2.30. The van der Waals surface area contributed by atoms with Crippen LogP contribution in [0.5, 0.6) is 0 Å². The summed E-state index contributed by atoms with van der Waals surface area (Å²) in [5, 5.41) is 18.6. The minimum atomic E-state index is -2.95.